The predicted molar refractivity (Wildman–Crippen MR) is 116 cm³/mol. The van der Waals surface area contributed by atoms with E-state index in [-0.39, 0.29) is 18.1 Å². The number of aromatic hydroxyl groups is 1. The lowest BCUT2D eigenvalue weighted by Crippen LogP contribution is -2.27. The molecule has 1 unspecified atom stereocenters. The van der Waals surface area contributed by atoms with E-state index in [2.05, 4.69) is 27.9 Å². The largest absolute Gasteiger partial charge is 0.506 e. The predicted octanol–water partition coefficient (Wildman–Crippen LogP) is 2.90. The van der Waals surface area contributed by atoms with E-state index in [1.54, 1.807) is 0 Å². The highest BCUT2D eigenvalue weighted by Crippen LogP contribution is 2.42. The molecule has 5 rings (SSSR count). The number of fused-ring (bicyclic) bond motifs is 4. The van der Waals surface area contributed by atoms with Gasteiger partial charge in [0.1, 0.15) is 17.6 Å². The minimum Gasteiger partial charge on any atom is -0.506 e. The highest BCUT2D eigenvalue weighted by Gasteiger charge is 2.36. The maximum atomic E-state index is 12.4. The second-order valence-electron chi connectivity index (χ2n) is 8.99. The number of nitrogens with one attached hydrogen (secondary N) is 2. The van der Waals surface area contributed by atoms with Crippen LogP contribution in [0, 0.1) is 0 Å². The minimum absolute atomic E-state index is 0.226. The summed E-state index contributed by atoms with van der Waals surface area (Å²) in [6, 6.07) is 5.98. The quantitative estimate of drug-likeness (QED) is 0.513. The molecule has 1 aromatic carbocycles. The van der Waals surface area contributed by atoms with Crippen LogP contribution in [0.2, 0.25) is 0 Å². The lowest BCUT2D eigenvalue weighted by molar-refractivity contribution is 0.0691. The monoisotopic (exact) mass is 423 g/mol. The standard InChI is InChI=1S/C23H25N3O5/c1-11-6-15-19(25-21(28)18(20(15)27)22(29)30)14-8-12-7-13(10-24-23(2)4-5-23)26(3)16(12)9-17(14)31-11/h7-9,11,24H,4-6,10H2,1-3H3,(H,29,30)(H2,25,27,28). The number of carboxylic acid groups (broad SMARTS) is 1. The van der Waals surface area contributed by atoms with E-state index in [4.69, 9.17) is 4.74 Å². The van der Waals surface area contributed by atoms with Crippen molar-refractivity contribution in [2.75, 3.05) is 0 Å². The van der Waals surface area contributed by atoms with Crippen molar-refractivity contribution < 1.29 is 19.7 Å². The molecule has 1 aliphatic heterocycles. The molecule has 3 aromatic rings. The number of nitrogens with zero attached hydrogens (tertiary/aromatic N) is 1. The van der Waals surface area contributed by atoms with Gasteiger partial charge in [-0.05, 0) is 38.8 Å². The lowest BCUT2D eigenvalue weighted by Gasteiger charge is -2.14. The molecule has 4 N–H and O–H groups in total. The molecule has 1 saturated carbocycles. The molecule has 2 aliphatic rings. The van der Waals surface area contributed by atoms with E-state index in [0.717, 1.165) is 23.1 Å². The first-order chi connectivity index (χ1) is 14.7. The fourth-order valence-corrected chi connectivity index (χ4v) is 4.35. The zero-order valence-corrected chi connectivity index (χ0v) is 17.7. The van der Waals surface area contributed by atoms with Crippen LogP contribution in [0.15, 0.2) is 23.0 Å². The molecule has 0 spiro atoms. The number of carbonyl (C=O) groups is 1. The third-order valence-corrected chi connectivity index (χ3v) is 6.53. The molecule has 1 aliphatic carbocycles. The Hall–Kier alpha value is -3.26. The Morgan fingerprint density at radius 3 is 2.77 bits per heavy atom. The average molecular weight is 423 g/mol. The number of rotatable bonds is 4. The lowest BCUT2D eigenvalue weighted by atomic mass is 9.98. The van der Waals surface area contributed by atoms with Crippen molar-refractivity contribution >= 4 is 16.9 Å². The Labute approximate surface area is 178 Å². The Balaban J connectivity index is 1.68. The van der Waals surface area contributed by atoms with Gasteiger partial charge in [-0.1, -0.05) is 0 Å². The van der Waals surface area contributed by atoms with Crippen LogP contribution in [0.5, 0.6) is 11.5 Å². The first-order valence-corrected chi connectivity index (χ1v) is 10.4. The van der Waals surface area contributed by atoms with E-state index in [1.807, 2.05) is 26.1 Å². The van der Waals surface area contributed by atoms with Gasteiger partial charge in [0.15, 0.2) is 5.56 Å². The number of ether oxygens (including phenoxy) is 1. The molecule has 0 saturated heterocycles. The topological polar surface area (TPSA) is 117 Å². The number of H-pyrrole nitrogens is 1. The number of carboxylic acids is 1. The highest BCUT2D eigenvalue weighted by atomic mass is 16.5. The molecular formula is C23H25N3O5. The van der Waals surface area contributed by atoms with Crippen molar-refractivity contribution in [3.05, 3.63) is 45.4 Å². The van der Waals surface area contributed by atoms with E-state index >= 15 is 0 Å². The average Bonchev–Trinajstić information content (AvgIpc) is 3.38. The summed E-state index contributed by atoms with van der Waals surface area (Å²) in [4.78, 5) is 26.6. The van der Waals surface area contributed by atoms with E-state index in [9.17, 15) is 19.8 Å². The molecule has 0 radical (unpaired) electrons. The number of benzene rings is 1. The van der Waals surface area contributed by atoms with Gasteiger partial charge >= 0.3 is 5.97 Å². The molecule has 8 heteroatoms. The van der Waals surface area contributed by atoms with Gasteiger partial charge in [-0.15, -0.1) is 0 Å². The summed E-state index contributed by atoms with van der Waals surface area (Å²) in [6.07, 6.45) is 2.33. The van der Waals surface area contributed by atoms with Gasteiger partial charge in [-0.2, -0.15) is 0 Å². The first kappa shape index (κ1) is 19.7. The van der Waals surface area contributed by atoms with Crippen molar-refractivity contribution in [3.63, 3.8) is 0 Å². The minimum atomic E-state index is -1.46. The van der Waals surface area contributed by atoms with E-state index in [0.29, 0.717) is 22.6 Å². The third-order valence-electron chi connectivity index (χ3n) is 6.53. The molecule has 0 amide bonds. The van der Waals surface area contributed by atoms with Crippen LogP contribution in [-0.4, -0.2) is 37.4 Å². The van der Waals surface area contributed by atoms with Gasteiger partial charge in [-0.3, -0.25) is 4.79 Å². The Morgan fingerprint density at radius 2 is 2.10 bits per heavy atom. The van der Waals surface area contributed by atoms with Crippen molar-refractivity contribution in [1.82, 2.24) is 14.9 Å². The van der Waals surface area contributed by atoms with Crippen LogP contribution >= 0.6 is 0 Å². The van der Waals surface area contributed by atoms with E-state index in [1.165, 1.54) is 12.8 Å². The summed E-state index contributed by atoms with van der Waals surface area (Å²) in [5, 5.41) is 24.5. The van der Waals surface area contributed by atoms with Gasteiger partial charge in [0.2, 0.25) is 0 Å². The molecule has 31 heavy (non-hydrogen) atoms. The summed E-state index contributed by atoms with van der Waals surface area (Å²) in [5.41, 5.74) is 2.30. The Bertz CT molecular complexity index is 1300. The summed E-state index contributed by atoms with van der Waals surface area (Å²) in [7, 11) is 2.02. The zero-order chi connectivity index (χ0) is 22.1. The maximum absolute atomic E-state index is 12.4. The van der Waals surface area contributed by atoms with Gasteiger partial charge in [-0.25, -0.2) is 4.79 Å². The van der Waals surface area contributed by atoms with Crippen LogP contribution in [-0.2, 0) is 20.0 Å². The van der Waals surface area contributed by atoms with Crippen LogP contribution in [0.25, 0.3) is 22.2 Å². The number of hydrogen-bond acceptors (Lipinski definition) is 5. The summed E-state index contributed by atoms with van der Waals surface area (Å²) in [5.74, 6) is -1.36. The second-order valence-corrected chi connectivity index (χ2v) is 8.99. The summed E-state index contributed by atoms with van der Waals surface area (Å²) >= 11 is 0. The zero-order valence-electron chi connectivity index (χ0n) is 17.7. The van der Waals surface area contributed by atoms with Gasteiger partial charge in [0.05, 0.1) is 11.2 Å². The van der Waals surface area contributed by atoms with Crippen molar-refractivity contribution in [1.29, 1.82) is 0 Å². The molecule has 1 atom stereocenters. The molecular weight excluding hydrogens is 398 g/mol. The Morgan fingerprint density at radius 1 is 1.35 bits per heavy atom. The number of aromatic nitrogens is 2. The number of aromatic amines is 1. The Kier molecular flexibility index (Phi) is 4.20. The van der Waals surface area contributed by atoms with Crippen LogP contribution in [0.3, 0.4) is 0 Å². The molecule has 2 aromatic heterocycles. The molecule has 8 nitrogen and oxygen atoms in total. The summed E-state index contributed by atoms with van der Waals surface area (Å²) < 4.78 is 8.25. The van der Waals surface area contributed by atoms with E-state index < -0.39 is 22.8 Å². The molecule has 3 heterocycles. The number of aromatic carboxylic acids is 1. The van der Waals surface area contributed by atoms with Crippen molar-refractivity contribution in [2.24, 2.45) is 7.05 Å². The number of hydrogen-bond donors (Lipinski definition) is 4. The van der Waals surface area contributed by atoms with Gasteiger partial charge < -0.3 is 29.8 Å². The first-order valence-electron chi connectivity index (χ1n) is 10.4. The van der Waals surface area contributed by atoms with Crippen molar-refractivity contribution in [2.45, 2.75) is 51.3 Å². The number of pyridine rings is 1. The number of aryl methyl sites for hydroxylation is 1. The SMILES string of the molecule is CC1Cc2c([nH]c(=O)c(C(=O)O)c2O)-c2cc3cc(CNC4(C)CC4)n(C)c3cc2O1. The smallest absolute Gasteiger partial charge is 0.345 e. The normalized spacial score (nSPS) is 18.7. The second kappa shape index (κ2) is 6.62. The molecule has 162 valence electrons. The molecule has 1 fully saturated rings. The van der Waals surface area contributed by atoms with Crippen LogP contribution < -0.4 is 15.6 Å². The maximum Gasteiger partial charge on any atom is 0.345 e. The summed E-state index contributed by atoms with van der Waals surface area (Å²) in [6.45, 7) is 4.82. The fraction of sp³-hybridized carbons (Fsp3) is 0.391. The fourth-order valence-electron chi connectivity index (χ4n) is 4.35. The molecule has 0 bridgehead atoms. The van der Waals surface area contributed by atoms with Crippen LogP contribution in [0.1, 0.15) is 48.3 Å². The third kappa shape index (κ3) is 3.18. The van der Waals surface area contributed by atoms with Gasteiger partial charge in [0.25, 0.3) is 5.56 Å². The highest BCUT2D eigenvalue weighted by molar-refractivity contribution is 5.94. The van der Waals surface area contributed by atoms with Crippen LogP contribution in [0.4, 0.5) is 0 Å². The van der Waals surface area contributed by atoms with Crippen molar-refractivity contribution in [3.8, 4) is 22.8 Å². The van der Waals surface area contributed by atoms with Gasteiger partial charge in [0, 0.05) is 53.8 Å².